The topological polar surface area (TPSA) is 78.7 Å². The van der Waals surface area contributed by atoms with Gasteiger partial charge in [-0.05, 0) is 36.2 Å². The molecule has 0 radical (unpaired) electrons. The third kappa shape index (κ3) is 5.94. The number of carbonyl (C=O) groups is 2. The number of benzene rings is 1. The van der Waals surface area contributed by atoms with Gasteiger partial charge in [-0.15, -0.1) is 0 Å². The lowest BCUT2D eigenvalue weighted by molar-refractivity contribution is -0.128. The van der Waals surface area contributed by atoms with Crippen molar-refractivity contribution in [2.75, 3.05) is 26.2 Å². The first kappa shape index (κ1) is 24.6. The average Bonchev–Trinajstić information content (AvgIpc) is 3.26. The summed E-state index contributed by atoms with van der Waals surface area (Å²) in [5, 5.41) is 4.65. The van der Waals surface area contributed by atoms with Crippen molar-refractivity contribution in [3.8, 4) is 0 Å². The Hall–Kier alpha value is -3.54. The molecule has 2 aromatic heterocycles. The van der Waals surface area contributed by atoms with Gasteiger partial charge in [0, 0.05) is 31.3 Å². The number of amides is 2. The first-order valence-electron chi connectivity index (χ1n) is 10.8. The van der Waals surface area contributed by atoms with Gasteiger partial charge in [0.1, 0.15) is 11.6 Å². The van der Waals surface area contributed by atoms with Crippen LogP contribution in [0.15, 0.2) is 49.1 Å². The quantitative estimate of drug-likeness (QED) is 0.516. The van der Waals surface area contributed by atoms with Crippen LogP contribution in [0.25, 0.3) is 5.52 Å². The fourth-order valence-corrected chi connectivity index (χ4v) is 4.35. The molecule has 35 heavy (non-hydrogen) atoms. The van der Waals surface area contributed by atoms with Crippen LogP contribution in [-0.2, 0) is 4.79 Å². The third-order valence-corrected chi connectivity index (χ3v) is 5.85. The summed E-state index contributed by atoms with van der Waals surface area (Å²) < 4.78 is 66.6. The van der Waals surface area contributed by atoms with Gasteiger partial charge < -0.3 is 19.9 Å². The molecular weight excluding hydrogens is 473 g/mol. The van der Waals surface area contributed by atoms with Gasteiger partial charge in [0.05, 0.1) is 42.7 Å². The summed E-state index contributed by atoms with van der Waals surface area (Å²) in [6, 6.07) is 5.58. The van der Waals surface area contributed by atoms with Crippen LogP contribution in [0.4, 0.5) is 22.0 Å². The number of imidazole rings is 1. The molecular formula is C23H22F5N5O2. The molecule has 0 spiro atoms. The van der Waals surface area contributed by atoms with E-state index in [1.807, 2.05) is 5.32 Å². The Morgan fingerprint density at radius 3 is 2.60 bits per heavy atom. The highest BCUT2D eigenvalue weighted by molar-refractivity contribution is 6.00. The second-order valence-electron chi connectivity index (χ2n) is 8.35. The lowest BCUT2D eigenvalue weighted by Crippen LogP contribution is -2.54. The number of likely N-dealkylation sites (tertiary alicyclic amines) is 1. The van der Waals surface area contributed by atoms with Gasteiger partial charge in [-0.2, -0.15) is 13.2 Å². The summed E-state index contributed by atoms with van der Waals surface area (Å²) in [6.07, 6.45) is 0.623. The summed E-state index contributed by atoms with van der Waals surface area (Å²) in [7, 11) is 0. The maximum atomic E-state index is 13.9. The van der Waals surface area contributed by atoms with Gasteiger partial charge >= 0.3 is 6.18 Å². The molecule has 0 aliphatic carbocycles. The standard InChI is InChI=1S/C23H22F5N5O2/c24-15-6-14(7-16(25)8-15)17-3-5-32(11-19(17)31-21(34)10-29-12-23(26,27)28)22(35)18-2-1-4-33-13-30-9-20(18)33/h1-2,4,6-9,13,17,19,29H,3,5,10-12H2,(H,31,34)/t17-,19+/m0/s1. The maximum Gasteiger partial charge on any atom is 0.401 e. The van der Waals surface area contributed by atoms with Crippen LogP contribution in [0, 0.1) is 11.6 Å². The molecule has 1 aliphatic rings. The van der Waals surface area contributed by atoms with E-state index in [0.29, 0.717) is 16.6 Å². The molecule has 1 aromatic carbocycles. The average molecular weight is 495 g/mol. The van der Waals surface area contributed by atoms with Crippen LogP contribution >= 0.6 is 0 Å². The number of hydrogen-bond acceptors (Lipinski definition) is 4. The number of carbonyl (C=O) groups excluding carboxylic acids is 2. The minimum Gasteiger partial charge on any atom is -0.350 e. The number of halogens is 5. The molecule has 1 fully saturated rings. The van der Waals surface area contributed by atoms with Crippen molar-refractivity contribution in [3.05, 3.63) is 71.8 Å². The molecule has 7 nitrogen and oxygen atoms in total. The summed E-state index contributed by atoms with van der Waals surface area (Å²) in [4.78, 5) is 31.2. The van der Waals surface area contributed by atoms with E-state index in [1.165, 1.54) is 4.90 Å². The van der Waals surface area contributed by atoms with Gasteiger partial charge in [-0.1, -0.05) is 0 Å². The van der Waals surface area contributed by atoms with Crippen LogP contribution in [0.3, 0.4) is 0 Å². The van der Waals surface area contributed by atoms with Crippen LogP contribution in [0.2, 0.25) is 0 Å². The maximum absolute atomic E-state index is 13.9. The van der Waals surface area contributed by atoms with Crippen LogP contribution < -0.4 is 10.6 Å². The molecule has 2 amide bonds. The highest BCUT2D eigenvalue weighted by atomic mass is 19.4. The zero-order valence-corrected chi connectivity index (χ0v) is 18.4. The molecule has 2 atom stereocenters. The van der Waals surface area contributed by atoms with Crippen LogP contribution in [-0.4, -0.2) is 64.5 Å². The summed E-state index contributed by atoms with van der Waals surface area (Å²) in [5.74, 6) is -3.19. The molecule has 186 valence electrons. The SMILES string of the molecule is O=C(CNCC(F)(F)F)N[C@@H]1CN(C(=O)c2cccn3cncc23)CC[C@H]1c1cc(F)cc(F)c1. The van der Waals surface area contributed by atoms with Gasteiger partial charge in [-0.3, -0.25) is 9.59 Å². The highest BCUT2D eigenvalue weighted by Crippen LogP contribution is 2.31. The minimum absolute atomic E-state index is 0.00182. The molecule has 2 N–H and O–H groups in total. The number of hydrogen-bond donors (Lipinski definition) is 2. The van der Waals surface area contributed by atoms with Crippen molar-refractivity contribution in [1.82, 2.24) is 24.9 Å². The number of rotatable bonds is 6. The Labute approximate surface area is 196 Å². The molecule has 1 aliphatic heterocycles. The van der Waals surface area contributed by atoms with Gasteiger partial charge in [0.2, 0.25) is 5.91 Å². The third-order valence-electron chi connectivity index (χ3n) is 5.85. The number of nitrogens with zero attached hydrogens (tertiary/aromatic N) is 3. The number of piperidine rings is 1. The van der Waals surface area contributed by atoms with Crippen molar-refractivity contribution in [2.45, 2.75) is 24.6 Å². The van der Waals surface area contributed by atoms with E-state index in [9.17, 15) is 31.5 Å². The predicted molar refractivity (Wildman–Crippen MR) is 116 cm³/mol. The van der Waals surface area contributed by atoms with Crippen molar-refractivity contribution in [3.63, 3.8) is 0 Å². The zero-order valence-electron chi connectivity index (χ0n) is 18.4. The van der Waals surface area contributed by atoms with Gasteiger partial charge in [0.15, 0.2) is 0 Å². The summed E-state index contributed by atoms with van der Waals surface area (Å²) >= 11 is 0. The largest absolute Gasteiger partial charge is 0.401 e. The van der Waals surface area contributed by atoms with E-state index in [-0.39, 0.29) is 25.4 Å². The Morgan fingerprint density at radius 1 is 1.14 bits per heavy atom. The smallest absolute Gasteiger partial charge is 0.350 e. The summed E-state index contributed by atoms with van der Waals surface area (Å²) in [6.45, 7) is -1.70. The Balaban J connectivity index is 1.54. The summed E-state index contributed by atoms with van der Waals surface area (Å²) in [5.41, 5.74) is 1.27. The monoisotopic (exact) mass is 495 g/mol. The van der Waals surface area contributed by atoms with Gasteiger partial charge in [0.25, 0.3) is 5.91 Å². The molecule has 0 saturated carbocycles. The van der Waals surface area contributed by atoms with Crippen LogP contribution in [0.5, 0.6) is 0 Å². The van der Waals surface area contributed by atoms with E-state index < -0.39 is 48.8 Å². The van der Waals surface area contributed by atoms with Crippen molar-refractivity contribution < 1.29 is 31.5 Å². The lowest BCUT2D eigenvalue weighted by Gasteiger charge is -2.39. The number of alkyl halides is 3. The molecule has 3 aromatic rings. The van der Waals surface area contributed by atoms with Crippen molar-refractivity contribution in [2.24, 2.45) is 0 Å². The van der Waals surface area contributed by atoms with E-state index in [4.69, 9.17) is 0 Å². The fourth-order valence-electron chi connectivity index (χ4n) is 4.35. The highest BCUT2D eigenvalue weighted by Gasteiger charge is 2.35. The lowest BCUT2D eigenvalue weighted by atomic mass is 9.84. The van der Waals surface area contributed by atoms with Crippen molar-refractivity contribution >= 4 is 17.3 Å². The van der Waals surface area contributed by atoms with Crippen molar-refractivity contribution in [1.29, 1.82) is 0 Å². The molecule has 12 heteroatoms. The number of pyridine rings is 1. The molecule has 3 heterocycles. The number of nitrogens with one attached hydrogen (secondary N) is 2. The Bertz CT molecular complexity index is 1210. The zero-order chi connectivity index (χ0) is 25.2. The molecule has 0 bridgehead atoms. The molecule has 4 rings (SSSR count). The first-order valence-corrected chi connectivity index (χ1v) is 10.8. The Kier molecular flexibility index (Phi) is 7.01. The van der Waals surface area contributed by atoms with E-state index >= 15 is 0 Å². The molecule has 0 unspecified atom stereocenters. The Morgan fingerprint density at radius 2 is 1.89 bits per heavy atom. The fraction of sp³-hybridized carbons (Fsp3) is 0.348. The van der Waals surface area contributed by atoms with E-state index in [1.54, 1.807) is 35.3 Å². The first-order chi connectivity index (χ1) is 16.6. The van der Waals surface area contributed by atoms with Crippen LogP contribution in [0.1, 0.15) is 28.3 Å². The normalized spacial score (nSPS) is 18.6. The number of aromatic nitrogens is 2. The minimum atomic E-state index is -4.48. The second kappa shape index (κ2) is 9.98. The second-order valence-corrected chi connectivity index (χ2v) is 8.35. The number of fused-ring (bicyclic) bond motifs is 1. The van der Waals surface area contributed by atoms with Gasteiger partial charge in [-0.25, -0.2) is 13.8 Å². The van der Waals surface area contributed by atoms with E-state index in [2.05, 4.69) is 10.3 Å². The molecule has 1 saturated heterocycles. The predicted octanol–water partition coefficient (Wildman–Crippen LogP) is 2.88. The van der Waals surface area contributed by atoms with E-state index in [0.717, 1.165) is 18.2 Å².